The van der Waals surface area contributed by atoms with Gasteiger partial charge < -0.3 is 5.73 Å². The highest BCUT2D eigenvalue weighted by molar-refractivity contribution is 8.00. The first-order chi connectivity index (χ1) is 7.97. The zero-order chi connectivity index (χ0) is 12.5. The van der Waals surface area contributed by atoms with Crippen LogP contribution in [-0.2, 0) is 0 Å². The summed E-state index contributed by atoms with van der Waals surface area (Å²) in [5, 5.41) is 0.787. The number of nitrogens with two attached hydrogens (primary N) is 1. The Morgan fingerprint density at radius 1 is 1.29 bits per heavy atom. The summed E-state index contributed by atoms with van der Waals surface area (Å²) >= 11 is 2.11. The fraction of sp³-hybridized carbons (Fsp3) is 1.00. The molecule has 2 saturated heterocycles. The fourth-order valence-corrected chi connectivity index (χ4v) is 4.78. The molecule has 2 heterocycles. The van der Waals surface area contributed by atoms with Gasteiger partial charge in [-0.1, -0.05) is 20.8 Å². The predicted octanol–water partition coefficient (Wildman–Crippen LogP) is 2.72. The quantitative estimate of drug-likeness (QED) is 0.824. The zero-order valence-corrected chi connectivity index (χ0v) is 12.5. The minimum atomic E-state index is 0.310. The Bertz CT molecular complexity index is 267. The van der Waals surface area contributed by atoms with E-state index in [9.17, 15) is 0 Å². The smallest absolute Gasteiger partial charge is 0.0432 e. The molecule has 2 rings (SSSR count). The van der Waals surface area contributed by atoms with Gasteiger partial charge in [0.05, 0.1) is 0 Å². The summed E-state index contributed by atoms with van der Waals surface area (Å²) in [5.74, 6) is 1.24. The first-order valence-corrected chi connectivity index (χ1v) is 8.09. The van der Waals surface area contributed by atoms with Crippen LogP contribution in [0.5, 0.6) is 0 Å². The van der Waals surface area contributed by atoms with Gasteiger partial charge in [-0.2, -0.15) is 11.8 Å². The van der Waals surface area contributed by atoms with Crippen molar-refractivity contribution < 1.29 is 0 Å². The summed E-state index contributed by atoms with van der Waals surface area (Å²) < 4.78 is 0. The summed E-state index contributed by atoms with van der Waals surface area (Å²) in [6, 6.07) is 0. The highest BCUT2D eigenvalue weighted by Crippen LogP contribution is 2.40. The molecular formula is C14H28N2S. The fourth-order valence-electron chi connectivity index (χ4n) is 3.34. The Balaban J connectivity index is 2.05. The van der Waals surface area contributed by atoms with E-state index in [-0.39, 0.29) is 0 Å². The molecule has 2 nitrogen and oxygen atoms in total. The largest absolute Gasteiger partial charge is 0.329 e. The number of hydrogen-bond donors (Lipinski definition) is 1. The highest BCUT2D eigenvalue weighted by Gasteiger charge is 2.42. The molecule has 0 radical (unpaired) electrons. The van der Waals surface area contributed by atoms with Gasteiger partial charge in [0, 0.05) is 23.1 Å². The molecule has 3 heteroatoms. The Morgan fingerprint density at radius 2 is 2.06 bits per heavy atom. The number of nitrogens with zero attached hydrogens (tertiary/aromatic N) is 1. The van der Waals surface area contributed by atoms with E-state index in [4.69, 9.17) is 5.73 Å². The molecule has 0 aromatic carbocycles. The van der Waals surface area contributed by atoms with E-state index in [0.717, 1.165) is 11.8 Å². The summed E-state index contributed by atoms with van der Waals surface area (Å²) in [6.45, 7) is 10.5. The third-order valence-electron chi connectivity index (χ3n) is 4.69. The van der Waals surface area contributed by atoms with Crippen LogP contribution in [0, 0.1) is 5.41 Å². The van der Waals surface area contributed by atoms with E-state index in [1.165, 1.54) is 44.5 Å². The van der Waals surface area contributed by atoms with E-state index in [2.05, 4.69) is 37.4 Å². The first-order valence-electron chi connectivity index (χ1n) is 7.04. The normalized spacial score (nSPS) is 39.2. The van der Waals surface area contributed by atoms with Gasteiger partial charge in [-0.05, 0) is 44.2 Å². The van der Waals surface area contributed by atoms with Gasteiger partial charge in [-0.15, -0.1) is 0 Å². The first kappa shape index (κ1) is 13.7. The molecule has 17 heavy (non-hydrogen) atoms. The topological polar surface area (TPSA) is 29.3 Å². The van der Waals surface area contributed by atoms with Gasteiger partial charge >= 0.3 is 0 Å². The van der Waals surface area contributed by atoms with Gasteiger partial charge in [0.25, 0.3) is 0 Å². The van der Waals surface area contributed by atoms with Crippen LogP contribution in [0.4, 0.5) is 0 Å². The number of hydrogen-bond acceptors (Lipinski definition) is 3. The molecule has 2 atom stereocenters. The van der Waals surface area contributed by atoms with Crippen molar-refractivity contribution in [3.05, 3.63) is 0 Å². The number of rotatable bonds is 2. The Hall–Kier alpha value is 0.270. The molecule has 100 valence electrons. The van der Waals surface area contributed by atoms with Crippen molar-refractivity contribution in [3.8, 4) is 0 Å². The molecule has 2 fully saturated rings. The lowest BCUT2D eigenvalue weighted by Gasteiger charge is -2.40. The van der Waals surface area contributed by atoms with Gasteiger partial charge in [-0.3, -0.25) is 4.90 Å². The predicted molar refractivity (Wildman–Crippen MR) is 77.5 cm³/mol. The van der Waals surface area contributed by atoms with Crippen LogP contribution >= 0.6 is 11.8 Å². The van der Waals surface area contributed by atoms with Crippen LogP contribution in [0.25, 0.3) is 0 Å². The van der Waals surface area contributed by atoms with E-state index in [0.29, 0.717) is 11.0 Å². The zero-order valence-electron chi connectivity index (χ0n) is 11.7. The van der Waals surface area contributed by atoms with Gasteiger partial charge in [-0.25, -0.2) is 0 Å². The molecule has 0 aromatic rings. The third-order valence-corrected chi connectivity index (χ3v) is 6.13. The molecule has 0 amide bonds. The molecule has 0 aromatic heterocycles. The van der Waals surface area contributed by atoms with Crippen molar-refractivity contribution in [1.82, 2.24) is 4.90 Å². The maximum Gasteiger partial charge on any atom is 0.0432 e. The molecule has 2 aliphatic heterocycles. The lowest BCUT2D eigenvalue weighted by atomic mass is 9.85. The Kier molecular flexibility index (Phi) is 4.11. The second-order valence-electron chi connectivity index (χ2n) is 6.76. The van der Waals surface area contributed by atoms with Crippen molar-refractivity contribution >= 4 is 11.8 Å². The molecule has 0 spiro atoms. The van der Waals surface area contributed by atoms with Gasteiger partial charge in [0.2, 0.25) is 0 Å². The minimum absolute atomic E-state index is 0.310. The molecule has 0 aliphatic carbocycles. The second-order valence-corrected chi connectivity index (χ2v) is 8.19. The van der Waals surface area contributed by atoms with Crippen molar-refractivity contribution in [1.29, 1.82) is 0 Å². The van der Waals surface area contributed by atoms with Crippen LogP contribution in [0.15, 0.2) is 0 Å². The lowest BCUT2D eigenvalue weighted by Crippen LogP contribution is -2.54. The molecule has 0 saturated carbocycles. The second kappa shape index (κ2) is 5.10. The summed E-state index contributed by atoms with van der Waals surface area (Å²) in [5.41, 5.74) is 6.97. The standard InChI is InChI=1S/C14H28N2S/c1-12-9-14(10-15,11-17-12)16-7-4-5-13(2,3)6-8-16/h12H,4-11,15H2,1-3H3. The average molecular weight is 256 g/mol. The molecule has 2 unspecified atom stereocenters. The third kappa shape index (κ3) is 2.99. The van der Waals surface area contributed by atoms with Gasteiger partial charge in [0.1, 0.15) is 0 Å². The van der Waals surface area contributed by atoms with E-state index in [1.54, 1.807) is 0 Å². The van der Waals surface area contributed by atoms with Crippen molar-refractivity contribution in [2.75, 3.05) is 25.4 Å². The van der Waals surface area contributed by atoms with Crippen molar-refractivity contribution in [2.45, 2.75) is 57.2 Å². The summed E-state index contributed by atoms with van der Waals surface area (Å²) in [4.78, 5) is 2.72. The molecular weight excluding hydrogens is 228 g/mol. The van der Waals surface area contributed by atoms with Crippen molar-refractivity contribution in [2.24, 2.45) is 11.1 Å². The molecule has 0 bridgehead atoms. The SMILES string of the molecule is CC1CC(CN)(N2CCCC(C)(C)CC2)CS1. The van der Waals surface area contributed by atoms with Crippen LogP contribution in [-0.4, -0.2) is 41.1 Å². The monoisotopic (exact) mass is 256 g/mol. The van der Waals surface area contributed by atoms with Crippen LogP contribution in [0.3, 0.4) is 0 Å². The molecule has 2 aliphatic rings. The summed E-state index contributed by atoms with van der Waals surface area (Å²) in [7, 11) is 0. The maximum atomic E-state index is 6.13. The Labute approximate surface area is 111 Å². The minimum Gasteiger partial charge on any atom is -0.329 e. The van der Waals surface area contributed by atoms with E-state index < -0.39 is 0 Å². The average Bonchev–Trinajstić information content (AvgIpc) is 2.56. The van der Waals surface area contributed by atoms with Crippen LogP contribution < -0.4 is 5.73 Å². The van der Waals surface area contributed by atoms with Crippen molar-refractivity contribution in [3.63, 3.8) is 0 Å². The van der Waals surface area contributed by atoms with Crippen LogP contribution in [0.1, 0.15) is 46.5 Å². The van der Waals surface area contributed by atoms with E-state index in [1.807, 2.05) is 0 Å². The Morgan fingerprint density at radius 3 is 2.65 bits per heavy atom. The number of thioether (sulfide) groups is 1. The molecule has 2 N–H and O–H groups in total. The number of likely N-dealkylation sites (tertiary alicyclic amines) is 1. The summed E-state index contributed by atoms with van der Waals surface area (Å²) in [6.07, 6.45) is 5.32. The van der Waals surface area contributed by atoms with Crippen LogP contribution in [0.2, 0.25) is 0 Å². The lowest BCUT2D eigenvalue weighted by molar-refractivity contribution is 0.113. The van der Waals surface area contributed by atoms with E-state index >= 15 is 0 Å². The highest BCUT2D eigenvalue weighted by atomic mass is 32.2. The van der Waals surface area contributed by atoms with Gasteiger partial charge in [0.15, 0.2) is 0 Å². The maximum absolute atomic E-state index is 6.13.